The summed E-state index contributed by atoms with van der Waals surface area (Å²) in [5, 5.41) is 0. The number of aromatic nitrogens is 4. The van der Waals surface area contributed by atoms with Crippen LogP contribution in [0.4, 0.5) is 68.2 Å². The molecule has 0 atom stereocenters. The van der Waals surface area contributed by atoms with Crippen molar-refractivity contribution >= 4 is 68.2 Å². The van der Waals surface area contributed by atoms with Gasteiger partial charge >= 0.3 is 0 Å². The Labute approximate surface area is 511 Å². The first-order chi connectivity index (χ1) is 43.6. The number of nitrogens with zero attached hydrogens (tertiary/aromatic N) is 8. The molecule has 0 amide bonds. The van der Waals surface area contributed by atoms with E-state index in [1.165, 1.54) is 0 Å². The molecule has 0 spiro atoms. The molecule has 14 aromatic rings. The monoisotopic (exact) mass is 1130 g/mol. The van der Waals surface area contributed by atoms with E-state index < -0.39 is 0 Å². The molecule has 0 bridgehead atoms. The molecule has 8 nitrogen and oxygen atoms in total. The van der Waals surface area contributed by atoms with E-state index in [4.69, 9.17) is 19.9 Å². The maximum absolute atomic E-state index is 5.51. The second-order valence-electron chi connectivity index (χ2n) is 21.9. The first kappa shape index (κ1) is 51.6. The topological polar surface area (TPSA) is 64.5 Å². The molecule has 2 aliphatic rings. The Bertz CT molecular complexity index is 4350. The van der Waals surface area contributed by atoms with Crippen molar-refractivity contribution in [3.8, 4) is 78.9 Å². The number of benzene rings is 12. The number of anilines is 12. The fraction of sp³-hybridized carbons (Fsp3) is 0. The van der Waals surface area contributed by atoms with Crippen LogP contribution in [0.3, 0.4) is 0 Å². The van der Waals surface area contributed by atoms with Crippen LogP contribution >= 0.6 is 0 Å². The van der Waals surface area contributed by atoms with E-state index in [9.17, 15) is 0 Å². The molecule has 0 radical (unpaired) electrons. The third-order valence-corrected chi connectivity index (χ3v) is 16.4. The third-order valence-electron chi connectivity index (χ3n) is 16.4. The maximum Gasteiger partial charge on any atom is 0.160 e. The number of rotatable bonds is 11. The minimum atomic E-state index is 0.593. The van der Waals surface area contributed by atoms with Crippen molar-refractivity contribution < 1.29 is 0 Å². The Hall–Kier alpha value is -12.0. The van der Waals surface area contributed by atoms with Crippen molar-refractivity contribution in [3.05, 3.63) is 328 Å². The Balaban J connectivity index is 0.982. The van der Waals surface area contributed by atoms with Crippen molar-refractivity contribution in [2.45, 2.75) is 0 Å². The average molecular weight is 1130 g/mol. The van der Waals surface area contributed by atoms with Crippen LogP contribution in [0, 0.1) is 0 Å². The Kier molecular flexibility index (Phi) is 13.0. The van der Waals surface area contributed by atoms with Crippen LogP contribution in [0.1, 0.15) is 0 Å². The van der Waals surface area contributed by atoms with Gasteiger partial charge in [0.25, 0.3) is 0 Å². The van der Waals surface area contributed by atoms with Gasteiger partial charge in [-0.25, -0.2) is 19.9 Å². The summed E-state index contributed by atoms with van der Waals surface area (Å²) in [6.45, 7) is 0. The largest absolute Gasteiger partial charge is 0.306 e. The lowest BCUT2D eigenvalue weighted by Gasteiger charge is -2.40. The van der Waals surface area contributed by atoms with Crippen molar-refractivity contribution in [2.75, 3.05) is 19.6 Å². The van der Waals surface area contributed by atoms with Gasteiger partial charge in [-0.3, -0.25) is 0 Å². The molecular formula is C80H54N8. The molecule has 16 rings (SSSR count). The normalized spacial score (nSPS) is 12.2. The Morgan fingerprint density at radius 3 is 0.614 bits per heavy atom. The van der Waals surface area contributed by atoms with Gasteiger partial charge in [0.05, 0.1) is 68.3 Å². The molecule has 4 heterocycles. The Morgan fingerprint density at radius 2 is 0.364 bits per heavy atom. The van der Waals surface area contributed by atoms with Gasteiger partial charge in [0.15, 0.2) is 11.6 Å². The summed E-state index contributed by atoms with van der Waals surface area (Å²) in [6, 6.07) is 115. The highest BCUT2D eigenvalue weighted by atomic mass is 15.3. The van der Waals surface area contributed by atoms with Crippen LogP contribution in [-0.2, 0) is 0 Å². The molecular weight excluding hydrogens is 1070 g/mol. The lowest BCUT2D eigenvalue weighted by Crippen LogP contribution is -2.24. The van der Waals surface area contributed by atoms with Crippen molar-refractivity contribution in [1.29, 1.82) is 0 Å². The molecule has 8 heteroatoms. The van der Waals surface area contributed by atoms with Crippen molar-refractivity contribution in [2.24, 2.45) is 0 Å². The molecule has 2 aliphatic heterocycles. The summed E-state index contributed by atoms with van der Waals surface area (Å²) < 4.78 is 0. The van der Waals surface area contributed by atoms with Gasteiger partial charge in [-0.05, 0) is 132 Å². The summed E-state index contributed by atoms with van der Waals surface area (Å²) in [7, 11) is 0. The minimum absolute atomic E-state index is 0.593. The summed E-state index contributed by atoms with van der Waals surface area (Å²) in [6.07, 6.45) is 0. The first-order valence-electron chi connectivity index (χ1n) is 29.6. The molecule has 0 unspecified atom stereocenters. The molecule has 414 valence electrons. The predicted molar refractivity (Wildman–Crippen MR) is 362 cm³/mol. The summed E-state index contributed by atoms with van der Waals surface area (Å²) >= 11 is 0. The number of hydrogen-bond acceptors (Lipinski definition) is 8. The average Bonchev–Trinajstić information content (AvgIpc) is 0.986. The zero-order chi connectivity index (χ0) is 58.3. The summed E-state index contributed by atoms with van der Waals surface area (Å²) in [5.41, 5.74) is 23.2. The van der Waals surface area contributed by atoms with Crippen LogP contribution in [0.5, 0.6) is 0 Å². The summed E-state index contributed by atoms with van der Waals surface area (Å²) in [5.74, 6) is 1.19. The number of fused-ring (bicyclic) bond motifs is 4. The quantitative estimate of drug-likeness (QED) is 0.127. The van der Waals surface area contributed by atoms with Gasteiger partial charge in [-0.2, -0.15) is 0 Å². The second kappa shape index (κ2) is 22.2. The Morgan fingerprint density at radius 1 is 0.159 bits per heavy atom. The smallest absolute Gasteiger partial charge is 0.160 e. The SMILES string of the molecule is c1ccc(-c2cc(-c3ccccc3)nc(-c3cc(-c4cc(-c5nc(-c6ccccc6)cc(-c6ccccc6)n5)cc(N5c6ccccc6N(c6ccccc6)c6ccccc65)c4)cc(N4c5ccccc5N(c5ccccc5)c5ccccc54)c3)n2)cc1. The van der Waals surface area contributed by atoms with E-state index in [0.29, 0.717) is 11.6 Å². The molecule has 0 fully saturated rings. The van der Waals surface area contributed by atoms with Crippen LogP contribution in [0.2, 0.25) is 0 Å². The highest BCUT2D eigenvalue weighted by Gasteiger charge is 2.33. The fourth-order valence-corrected chi connectivity index (χ4v) is 12.4. The molecule has 0 N–H and O–H groups in total. The van der Waals surface area contributed by atoms with Crippen LogP contribution in [0.15, 0.2) is 328 Å². The van der Waals surface area contributed by atoms with Crippen molar-refractivity contribution in [1.82, 2.24) is 19.9 Å². The molecule has 88 heavy (non-hydrogen) atoms. The van der Waals surface area contributed by atoms with Gasteiger partial charge in [0, 0.05) is 56.1 Å². The van der Waals surface area contributed by atoms with E-state index in [1.54, 1.807) is 0 Å². The highest BCUT2D eigenvalue weighted by molar-refractivity contribution is 6.04. The molecule has 12 aromatic carbocycles. The predicted octanol–water partition coefficient (Wildman–Crippen LogP) is 21.4. The minimum Gasteiger partial charge on any atom is -0.306 e. The van der Waals surface area contributed by atoms with Gasteiger partial charge < -0.3 is 19.6 Å². The zero-order valence-corrected chi connectivity index (χ0v) is 47.8. The van der Waals surface area contributed by atoms with E-state index in [0.717, 1.165) is 136 Å². The lowest BCUT2D eigenvalue weighted by atomic mass is 9.96. The number of para-hydroxylation sites is 10. The molecule has 0 saturated carbocycles. The second-order valence-corrected chi connectivity index (χ2v) is 21.9. The molecule has 0 aliphatic carbocycles. The van der Waals surface area contributed by atoms with Crippen LogP contribution in [0.25, 0.3) is 78.9 Å². The van der Waals surface area contributed by atoms with Gasteiger partial charge in [-0.1, -0.05) is 206 Å². The van der Waals surface area contributed by atoms with Gasteiger partial charge in [-0.15, -0.1) is 0 Å². The van der Waals surface area contributed by atoms with E-state index >= 15 is 0 Å². The van der Waals surface area contributed by atoms with E-state index in [2.05, 4.69) is 323 Å². The molecule has 0 saturated heterocycles. The number of hydrogen-bond donors (Lipinski definition) is 0. The third kappa shape index (κ3) is 9.48. The van der Waals surface area contributed by atoms with Crippen molar-refractivity contribution in [3.63, 3.8) is 0 Å². The van der Waals surface area contributed by atoms with E-state index in [-0.39, 0.29) is 0 Å². The standard InChI is InChI=1S/C80H54N8/c1-7-27-55(28-8-1)67-53-68(56-29-9-2-10-30-56)82-79(81-67)61-47-59(49-65(51-61)87-75-43-23-19-39-71(75)85(63-35-15-5-16-36-63)72-40-20-24-44-76(72)87)60-48-62(80-83-69(57-31-11-3-12-32-57)54-70(84-80)58-33-13-4-14-34-58)52-66(50-60)88-77-45-25-21-41-73(77)86(64-37-17-6-18-38-64)74-42-22-26-46-78(74)88/h1-54H. The summed E-state index contributed by atoms with van der Waals surface area (Å²) in [4.78, 5) is 31.5. The van der Waals surface area contributed by atoms with E-state index in [1.807, 2.05) is 24.3 Å². The van der Waals surface area contributed by atoms with Gasteiger partial charge in [0.1, 0.15) is 0 Å². The lowest BCUT2D eigenvalue weighted by molar-refractivity contribution is 1.16. The molecule has 2 aromatic heterocycles. The van der Waals surface area contributed by atoms with Gasteiger partial charge in [0.2, 0.25) is 0 Å². The zero-order valence-electron chi connectivity index (χ0n) is 47.8. The first-order valence-corrected chi connectivity index (χ1v) is 29.6. The highest BCUT2D eigenvalue weighted by Crippen LogP contribution is 2.57. The van der Waals surface area contributed by atoms with Crippen LogP contribution in [-0.4, -0.2) is 19.9 Å². The maximum atomic E-state index is 5.51. The van der Waals surface area contributed by atoms with Crippen LogP contribution < -0.4 is 19.6 Å². The fourth-order valence-electron chi connectivity index (χ4n) is 12.4.